The molecule has 4 aromatic rings. The minimum Gasteiger partial charge on any atom is -0.461 e. The van der Waals surface area contributed by atoms with Gasteiger partial charge in [0.1, 0.15) is 17.3 Å². The Morgan fingerprint density at radius 2 is 1.89 bits per heavy atom. The van der Waals surface area contributed by atoms with E-state index in [0.29, 0.717) is 29.2 Å². The molecule has 2 aromatic heterocycles. The molecular formula is C22H18FN3O2. The van der Waals surface area contributed by atoms with Gasteiger partial charge < -0.3 is 14.3 Å². The number of aryl methyl sites for hydroxylation is 1. The third-order valence-corrected chi connectivity index (χ3v) is 4.36. The molecule has 6 heteroatoms. The predicted molar refractivity (Wildman–Crippen MR) is 105 cm³/mol. The zero-order valence-electron chi connectivity index (χ0n) is 15.0. The van der Waals surface area contributed by atoms with Gasteiger partial charge in [0.15, 0.2) is 0 Å². The van der Waals surface area contributed by atoms with E-state index in [2.05, 4.69) is 10.3 Å². The third kappa shape index (κ3) is 3.86. The first-order valence-corrected chi connectivity index (χ1v) is 8.91. The van der Waals surface area contributed by atoms with Crippen LogP contribution in [0.4, 0.5) is 10.1 Å². The molecular weight excluding hydrogens is 357 g/mol. The van der Waals surface area contributed by atoms with Crippen molar-refractivity contribution >= 4 is 11.6 Å². The summed E-state index contributed by atoms with van der Waals surface area (Å²) in [5.41, 5.74) is 1.96. The molecule has 1 amide bonds. The number of nitrogens with zero attached hydrogens (tertiary/aromatic N) is 2. The summed E-state index contributed by atoms with van der Waals surface area (Å²) in [5.74, 6) is 0.629. The van der Waals surface area contributed by atoms with Crippen LogP contribution in [0.25, 0.3) is 17.0 Å². The molecule has 28 heavy (non-hydrogen) atoms. The van der Waals surface area contributed by atoms with Crippen LogP contribution < -0.4 is 5.32 Å². The summed E-state index contributed by atoms with van der Waals surface area (Å²) in [6.07, 6.45) is 5.86. The second kappa shape index (κ2) is 7.92. The molecule has 0 spiro atoms. The lowest BCUT2D eigenvalue weighted by Crippen LogP contribution is -2.13. The summed E-state index contributed by atoms with van der Waals surface area (Å²) in [5, 5.41) is 2.93. The molecule has 2 aromatic carbocycles. The number of benzene rings is 2. The number of hydrogen-bond donors (Lipinski definition) is 1. The van der Waals surface area contributed by atoms with E-state index in [9.17, 15) is 9.18 Å². The van der Waals surface area contributed by atoms with Gasteiger partial charge in [-0.25, -0.2) is 9.37 Å². The van der Waals surface area contributed by atoms with Crippen molar-refractivity contribution < 1.29 is 13.6 Å². The first kappa shape index (κ1) is 17.7. The highest BCUT2D eigenvalue weighted by Gasteiger charge is 2.12. The van der Waals surface area contributed by atoms with Gasteiger partial charge in [0.2, 0.25) is 5.91 Å². The van der Waals surface area contributed by atoms with Crippen molar-refractivity contribution in [1.29, 1.82) is 0 Å². The lowest BCUT2D eigenvalue weighted by atomic mass is 10.1. The van der Waals surface area contributed by atoms with Crippen LogP contribution in [0.3, 0.4) is 0 Å². The molecule has 0 aliphatic heterocycles. The van der Waals surface area contributed by atoms with Crippen LogP contribution in [-0.4, -0.2) is 15.5 Å². The van der Waals surface area contributed by atoms with Gasteiger partial charge in [-0.1, -0.05) is 24.3 Å². The lowest BCUT2D eigenvalue weighted by molar-refractivity contribution is -0.116. The number of aromatic nitrogens is 2. The molecule has 1 N–H and O–H groups in total. The van der Waals surface area contributed by atoms with E-state index in [0.717, 1.165) is 5.69 Å². The molecule has 0 radical (unpaired) electrons. The molecule has 0 saturated heterocycles. The minimum absolute atomic E-state index is 0.128. The summed E-state index contributed by atoms with van der Waals surface area (Å²) in [6, 6.07) is 17.5. The van der Waals surface area contributed by atoms with Crippen LogP contribution in [0.1, 0.15) is 12.2 Å². The fraction of sp³-hybridized carbons (Fsp3) is 0.0909. The van der Waals surface area contributed by atoms with E-state index in [1.54, 1.807) is 42.9 Å². The molecule has 0 aliphatic rings. The Balaban J connectivity index is 1.41. The fourth-order valence-electron chi connectivity index (χ4n) is 2.97. The van der Waals surface area contributed by atoms with Crippen LogP contribution in [-0.2, 0) is 11.2 Å². The van der Waals surface area contributed by atoms with Crippen molar-refractivity contribution in [3.05, 3.63) is 91.0 Å². The minimum atomic E-state index is -0.336. The van der Waals surface area contributed by atoms with Gasteiger partial charge in [0.25, 0.3) is 0 Å². The van der Waals surface area contributed by atoms with E-state index in [1.807, 2.05) is 35.0 Å². The highest BCUT2D eigenvalue weighted by molar-refractivity contribution is 5.92. The normalized spacial score (nSPS) is 10.8. The molecule has 0 bridgehead atoms. The van der Waals surface area contributed by atoms with E-state index in [-0.39, 0.29) is 18.1 Å². The number of halogens is 1. The number of nitrogens with one attached hydrogen (secondary N) is 1. The summed E-state index contributed by atoms with van der Waals surface area (Å²) >= 11 is 0. The molecule has 140 valence electrons. The Hall–Kier alpha value is -3.67. The van der Waals surface area contributed by atoms with Crippen molar-refractivity contribution in [2.24, 2.45) is 0 Å². The predicted octanol–water partition coefficient (Wildman–Crippen LogP) is 4.84. The maximum atomic E-state index is 13.9. The van der Waals surface area contributed by atoms with Crippen LogP contribution in [0.15, 0.2) is 83.8 Å². The number of imidazole rings is 1. The van der Waals surface area contributed by atoms with Crippen LogP contribution in [0.5, 0.6) is 0 Å². The maximum absolute atomic E-state index is 13.9. The number of anilines is 1. The summed E-state index contributed by atoms with van der Waals surface area (Å²) in [6.45, 7) is 0. The van der Waals surface area contributed by atoms with E-state index in [4.69, 9.17) is 4.42 Å². The van der Waals surface area contributed by atoms with E-state index in [1.165, 1.54) is 6.07 Å². The first-order valence-electron chi connectivity index (χ1n) is 8.91. The molecule has 4 rings (SSSR count). The number of furan rings is 1. The smallest absolute Gasteiger partial charge is 0.224 e. The molecule has 2 heterocycles. The van der Waals surface area contributed by atoms with Gasteiger partial charge in [-0.15, -0.1) is 0 Å². The quantitative estimate of drug-likeness (QED) is 0.524. The molecule has 0 unspecified atom stereocenters. The van der Waals surface area contributed by atoms with Crippen molar-refractivity contribution in [3.63, 3.8) is 0 Å². The second-order valence-electron chi connectivity index (χ2n) is 6.28. The Labute approximate surface area is 161 Å². The maximum Gasteiger partial charge on any atom is 0.224 e. The Kier molecular flexibility index (Phi) is 5.01. The Morgan fingerprint density at radius 3 is 2.71 bits per heavy atom. The van der Waals surface area contributed by atoms with Crippen LogP contribution in [0.2, 0.25) is 0 Å². The number of hydrogen-bond acceptors (Lipinski definition) is 3. The first-order chi connectivity index (χ1) is 13.7. The van der Waals surface area contributed by atoms with Gasteiger partial charge in [-0.3, -0.25) is 4.79 Å². The number of carbonyl (C=O) groups excluding carboxylic acids is 1. The van der Waals surface area contributed by atoms with Crippen LogP contribution >= 0.6 is 0 Å². The van der Waals surface area contributed by atoms with Gasteiger partial charge in [-0.05, 0) is 36.4 Å². The third-order valence-electron chi connectivity index (χ3n) is 4.36. The van der Waals surface area contributed by atoms with Gasteiger partial charge in [-0.2, -0.15) is 0 Å². The average molecular weight is 375 g/mol. The lowest BCUT2D eigenvalue weighted by Gasteiger charge is -2.11. The zero-order chi connectivity index (χ0) is 19.3. The Bertz CT molecular complexity index is 1090. The molecule has 0 fully saturated rings. The van der Waals surface area contributed by atoms with Crippen molar-refractivity contribution in [2.45, 2.75) is 12.8 Å². The van der Waals surface area contributed by atoms with Crippen molar-refractivity contribution in [3.8, 4) is 17.0 Å². The summed E-state index contributed by atoms with van der Waals surface area (Å²) in [7, 11) is 0. The van der Waals surface area contributed by atoms with E-state index < -0.39 is 0 Å². The Morgan fingerprint density at radius 1 is 1.07 bits per heavy atom. The zero-order valence-corrected chi connectivity index (χ0v) is 15.0. The monoisotopic (exact) mass is 375 g/mol. The molecule has 0 saturated carbocycles. The van der Waals surface area contributed by atoms with Gasteiger partial charge in [0.05, 0.1) is 23.3 Å². The van der Waals surface area contributed by atoms with Gasteiger partial charge in [0, 0.05) is 25.2 Å². The topological polar surface area (TPSA) is 60.1 Å². The van der Waals surface area contributed by atoms with Crippen LogP contribution in [0, 0.1) is 5.82 Å². The number of amides is 1. The molecule has 5 nitrogen and oxygen atoms in total. The summed E-state index contributed by atoms with van der Waals surface area (Å²) in [4.78, 5) is 16.4. The standard InChI is InChI=1S/C22H18FN3O2/c23-18-6-2-1-5-17(18)21-11-9-16(28-21)10-12-22(27)25-19-7-3-4-8-20(19)26-14-13-24-15-26/h1-9,11,13-15H,10,12H2,(H,25,27). The fourth-order valence-corrected chi connectivity index (χ4v) is 2.97. The van der Waals surface area contributed by atoms with E-state index >= 15 is 0 Å². The highest BCUT2D eigenvalue weighted by Crippen LogP contribution is 2.25. The highest BCUT2D eigenvalue weighted by atomic mass is 19.1. The number of para-hydroxylation sites is 2. The van der Waals surface area contributed by atoms with Crippen molar-refractivity contribution in [2.75, 3.05) is 5.32 Å². The largest absolute Gasteiger partial charge is 0.461 e. The number of carbonyl (C=O) groups is 1. The molecule has 0 atom stereocenters. The number of rotatable bonds is 6. The molecule has 0 aliphatic carbocycles. The second-order valence-corrected chi connectivity index (χ2v) is 6.28. The summed E-state index contributed by atoms with van der Waals surface area (Å²) < 4.78 is 21.4. The van der Waals surface area contributed by atoms with Gasteiger partial charge >= 0.3 is 0 Å². The average Bonchev–Trinajstić information content (AvgIpc) is 3.39. The van der Waals surface area contributed by atoms with Crippen molar-refractivity contribution in [1.82, 2.24) is 9.55 Å². The SMILES string of the molecule is O=C(CCc1ccc(-c2ccccc2F)o1)Nc1ccccc1-n1ccnc1.